The molecule has 0 saturated carbocycles. The molecule has 1 atom stereocenters. The highest BCUT2D eigenvalue weighted by Crippen LogP contribution is 2.25. The highest BCUT2D eigenvalue weighted by Gasteiger charge is 2.16. The Morgan fingerprint density at radius 1 is 1.54 bits per heavy atom. The van der Waals surface area contributed by atoms with Gasteiger partial charge in [-0.05, 0) is 38.1 Å². The van der Waals surface area contributed by atoms with Crippen molar-refractivity contribution in [2.24, 2.45) is 11.8 Å². The van der Waals surface area contributed by atoms with Crippen LogP contribution in [0.2, 0.25) is 0 Å². The maximum Gasteiger partial charge on any atom is 0.00144 e. The van der Waals surface area contributed by atoms with Crippen molar-refractivity contribution in [3.05, 3.63) is 11.1 Å². The Bertz CT molecular complexity index is 191. The lowest BCUT2D eigenvalue weighted by atomic mass is 9.87. The van der Waals surface area contributed by atoms with Gasteiger partial charge in [0.1, 0.15) is 0 Å². The summed E-state index contributed by atoms with van der Waals surface area (Å²) in [4.78, 5) is 0. The summed E-state index contributed by atoms with van der Waals surface area (Å²) >= 11 is 0. The van der Waals surface area contributed by atoms with Crippen LogP contribution >= 0.6 is 0 Å². The van der Waals surface area contributed by atoms with E-state index in [0.717, 1.165) is 11.8 Å². The van der Waals surface area contributed by atoms with Gasteiger partial charge in [-0.1, -0.05) is 31.9 Å². The molecule has 13 heavy (non-hydrogen) atoms. The second-order valence-corrected chi connectivity index (χ2v) is 4.76. The van der Waals surface area contributed by atoms with Crippen molar-refractivity contribution in [2.75, 3.05) is 13.1 Å². The SMILES string of the molecule is C/C(CC(C)C)=C1/CCNCC1C. The fourth-order valence-corrected chi connectivity index (χ4v) is 2.29. The standard InChI is InChI=1S/C12H23N/c1-9(2)7-10(3)12-5-6-13-8-11(12)4/h9,11,13H,5-8H2,1-4H3/b12-10+. The summed E-state index contributed by atoms with van der Waals surface area (Å²) in [7, 11) is 0. The summed E-state index contributed by atoms with van der Waals surface area (Å²) in [5.41, 5.74) is 3.36. The Morgan fingerprint density at radius 3 is 2.77 bits per heavy atom. The normalized spacial score (nSPS) is 27.9. The van der Waals surface area contributed by atoms with Crippen LogP contribution in [0.4, 0.5) is 0 Å². The lowest BCUT2D eigenvalue weighted by Crippen LogP contribution is -2.30. The van der Waals surface area contributed by atoms with Gasteiger partial charge in [-0.25, -0.2) is 0 Å². The molecule has 0 spiro atoms. The molecule has 0 aromatic heterocycles. The number of piperidine rings is 1. The van der Waals surface area contributed by atoms with Gasteiger partial charge < -0.3 is 5.32 Å². The monoisotopic (exact) mass is 181 g/mol. The van der Waals surface area contributed by atoms with Crippen molar-refractivity contribution < 1.29 is 0 Å². The van der Waals surface area contributed by atoms with E-state index in [-0.39, 0.29) is 0 Å². The average molecular weight is 181 g/mol. The number of hydrogen-bond donors (Lipinski definition) is 1. The summed E-state index contributed by atoms with van der Waals surface area (Å²) in [6.45, 7) is 11.6. The Balaban J connectivity index is 2.63. The molecule has 1 unspecified atom stereocenters. The molecule has 1 N–H and O–H groups in total. The molecule has 76 valence electrons. The largest absolute Gasteiger partial charge is 0.316 e. The molecule has 0 aliphatic carbocycles. The second-order valence-electron chi connectivity index (χ2n) is 4.76. The molecule has 1 heterocycles. The van der Waals surface area contributed by atoms with Gasteiger partial charge in [0.2, 0.25) is 0 Å². The number of hydrogen-bond acceptors (Lipinski definition) is 1. The van der Waals surface area contributed by atoms with Crippen LogP contribution in [-0.4, -0.2) is 13.1 Å². The topological polar surface area (TPSA) is 12.0 Å². The van der Waals surface area contributed by atoms with Crippen LogP contribution in [-0.2, 0) is 0 Å². The third-order valence-corrected chi connectivity index (χ3v) is 2.88. The predicted molar refractivity (Wildman–Crippen MR) is 58.8 cm³/mol. The summed E-state index contributed by atoms with van der Waals surface area (Å²) in [5, 5.41) is 3.44. The van der Waals surface area contributed by atoms with E-state index < -0.39 is 0 Å². The van der Waals surface area contributed by atoms with Gasteiger partial charge in [-0.2, -0.15) is 0 Å². The molecular weight excluding hydrogens is 158 g/mol. The molecule has 1 aliphatic heterocycles. The fourth-order valence-electron chi connectivity index (χ4n) is 2.29. The smallest absolute Gasteiger partial charge is 0.00144 e. The van der Waals surface area contributed by atoms with Crippen LogP contribution < -0.4 is 5.32 Å². The molecule has 1 rings (SSSR count). The summed E-state index contributed by atoms with van der Waals surface area (Å²) in [6, 6.07) is 0. The van der Waals surface area contributed by atoms with E-state index in [1.807, 2.05) is 0 Å². The molecule has 0 aromatic rings. The Labute approximate surface area is 82.6 Å². The average Bonchev–Trinajstić information content (AvgIpc) is 2.03. The Hall–Kier alpha value is -0.300. The summed E-state index contributed by atoms with van der Waals surface area (Å²) < 4.78 is 0. The van der Waals surface area contributed by atoms with Crippen LogP contribution in [0.1, 0.15) is 40.5 Å². The quantitative estimate of drug-likeness (QED) is 0.646. The van der Waals surface area contributed by atoms with Crippen LogP contribution in [0.25, 0.3) is 0 Å². The van der Waals surface area contributed by atoms with E-state index in [2.05, 4.69) is 33.0 Å². The first-order valence-corrected chi connectivity index (χ1v) is 5.50. The van der Waals surface area contributed by atoms with Gasteiger partial charge >= 0.3 is 0 Å². The van der Waals surface area contributed by atoms with Crippen LogP contribution in [0, 0.1) is 11.8 Å². The van der Waals surface area contributed by atoms with E-state index in [9.17, 15) is 0 Å². The van der Waals surface area contributed by atoms with Crippen LogP contribution in [0.5, 0.6) is 0 Å². The van der Waals surface area contributed by atoms with Gasteiger partial charge in [0.05, 0.1) is 0 Å². The third kappa shape index (κ3) is 3.15. The van der Waals surface area contributed by atoms with E-state index in [1.165, 1.54) is 25.9 Å². The second kappa shape index (κ2) is 4.80. The molecule has 1 saturated heterocycles. The maximum absolute atomic E-state index is 3.44. The molecule has 0 radical (unpaired) electrons. The van der Waals surface area contributed by atoms with Crippen molar-refractivity contribution in [2.45, 2.75) is 40.5 Å². The zero-order chi connectivity index (χ0) is 9.84. The minimum atomic E-state index is 0.757. The van der Waals surface area contributed by atoms with Crippen LogP contribution in [0.3, 0.4) is 0 Å². The minimum absolute atomic E-state index is 0.757. The zero-order valence-electron chi connectivity index (χ0n) is 9.48. The number of nitrogens with one attached hydrogen (secondary N) is 1. The van der Waals surface area contributed by atoms with Gasteiger partial charge in [-0.15, -0.1) is 0 Å². The summed E-state index contributed by atoms with van der Waals surface area (Å²) in [6.07, 6.45) is 2.54. The molecule has 0 amide bonds. The van der Waals surface area contributed by atoms with E-state index in [0.29, 0.717) is 0 Å². The number of allylic oxidation sites excluding steroid dienone is 1. The highest BCUT2D eigenvalue weighted by atomic mass is 14.9. The van der Waals surface area contributed by atoms with Crippen molar-refractivity contribution >= 4 is 0 Å². The Kier molecular flexibility index (Phi) is 3.98. The first kappa shape index (κ1) is 10.8. The highest BCUT2D eigenvalue weighted by molar-refractivity contribution is 5.17. The van der Waals surface area contributed by atoms with Crippen LogP contribution in [0.15, 0.2) is 11.1 Å². The minimum Gasteiger partial charge on any atom is -0.316 e. The van der Waals surface area contributed by atoms with Gasteiger partial charge in [0.25, 0.3) is 0 Å². The summed E-state index contributed by atoms with van der Waals surface area (Å²) in [5.74, 6) is 1.56. The van der Waals surface area contributed by atoms with Crippen molar-refractivity contribution in [3.8, 4) is 0 Å². The van der Waals surface area contributed by atoms with Gasteiger partial charge in [0.15, 0.2) is 0 Å². The number of rotatable bonds is 2. The predicted octanol–water partition coefficient (Wildman–Crippen LogP) is 2.98. The van der Waals surface area contributed by atoms with Gasteiger partial charge in [0, 0.05) is 6.54 Å². The molecule has 1 nitrogen and oxygen atoms in total. The zero-order valence-corrected chi connectivity index (χ0v) is 9.48. The first-order chi connectivity index (χ1) is 6.11. The molecule has 0 bridgehead atoms. The fraction of sp³-hybridized carbons (Fsp3) is 0.833. The molecule has 1 fully saturated rings. The lowest BCUT2D eigenvalue weighted by Gasteiger charge is -2.26. The molecule has 0 aromatic carbocycles. The lowest BCUT2D eigenvalue weighted by molar-refractivity contribution is 0.489. The van der Waals surface area contributed by atoms with Crippen molar-refractivity contribution in [1.82, 2.24) is 5.32 Å². The van der Waals surface area contributed by atoms with E-state index in [4.69, 9.17) is 0 Å². The molecule has 1 heteroatoms. The molecule has 1 aliphatic rings. The third-order valence-electron chi connectivity index (χ3n) is 2.88. The van der Waals surface area contributed by atoms with Crippen molar-refractivity contribution in [1.29, 1.82) is 0 Å². The molecular formula is C12H23N. The Morgan fingerprint density at radius 2 is 2.23 bits per heavy atom. The maximum atomic E-state index is 3.44. The van der Waals surface area contributed by atoms with E-state index >= 15 is 0 Å². The van der Waals surface area contributed by atoms with E-state index in [1.54, 1.807) is 11.1 Å². The van der Waals surface area contributed by atoms with Gasteiger partial charge in [-0.3, -0.25) is 0 Å². The first-order valence-electron chi connectivity index (χ1n) is 5.50. The van der Waals surface area contributed by atoms with Crippen molar-refractivity contribution in [3.63, 3.8) is 0 Å².